The Bertz CT molecular complexity index is 1590. The molecule has 2 fully saturated rings. The van der Waals surface area contributed by atoms with E-state index in [4.69, 9.17) is 16.3 Å². The monoisotopic (exact) mass is 652 g/mol. The number of aryl methyl sites for hydroxylation is 1. The molecule has 2 aliphatic heterocycles. The summed E-state index contributed by atoms with van der Waals surface area (Å²) in [5, 5.41) is 11.4. The van der Waals surface area contributed by atoms with Crippen LogP contribution >= 0.6 is 11.6 Å². The van der Waals surface area contributed by atoms with Crippen molar-refractivity contribution in [2.24, 2.45) is 23.7 Å². The van der Waals surface area contributed by atoms with Crippen LogP contribution in [0.5, 0.6) is 5.75 Å². The number of hydrogen-bond acceptors (Lipinski definition) is 6. The van der Waals surface area contributed by atoms with E-state index >= 15 is 0 Å². The van der Waals surface area contributed by atoms with Gasteiger partial charge in [0.15, 0.2) is 0 Å². The van der Waals surface area contributed by atoms with Gasteiger partial charge in [-0.2, -0.15) is 0 Å². The number of nitrogens with one attached hydrogen (secondary N) is 1. The van der Waals surface area contributed by atoms with E-state index in [9.17, 15) is 18.3 Å². The van der Waals surface area contributed by atoms with Gasteiger partial charge >= 0.3 is 0 Å². The highest BCUT2D eigenvalue weighted by Gasteiger charge is 2.44. The first kappa shape index (κ1) is 31.1. The molecule has 0 saturated heterocycles. The summed E-state index contributed by atoms with van der Waals surface area (Å²) >= 11 is 6.41. The van der Waals surface area contributed by atoms with E-state index in [1.165, 1.54) is 11.1 Å². The second kappa shape index (κ2) is 12.2. The summed E-state index contributed by atoms with van der Waals surface area (Å²) in [6, 6.07) is 11.5. The molecule has 2 bridgehead atoms. The lowest BCUT2D eigenvalue weighted by Crippen LogP contribution is -2.49. The molecule has 3 aliphatic carbocycles. The Labute approximate surface area is 272 Å². The molecular formula is C36H45ClN2O5S. The number of amides is 1. The molecule has 1 spiro atoms. The SMILES string of the molecule is C[C@@H]1C/C=C\[C@H](O)[C@@H]2CC[C@H]2CN2C[C@@]3(CCCc4cc(Cl)ccc43)COc3ccc(cc32)C(=O)NS(=O)(=O)[C@@H]1CC1CCC1. The summed E-state index contributed by atoms with van der Waals surface area (Å²) in [5.41, 5.74) is 3.38. The molecule has 2 aromatic rings. The number of sulfonamides is 1. The van der Waals surface area contributed by atoms with Crippen LogP contribution in [0.25, 0.3) is 0 Å². The van der Waals surface area contributed by atoms with Crippen molar-refractivity contribution >= 4 is 33.2 Å². The zero-order chi connectivity index (χ0) is 31.3. The van der Waals surface area contributed by atoms with E-state index in [0.29, 0.717) is 43.2 Å². The molecule has 0 unspecified atom stereocenters. The number of ether oxygens (including phenoxy) is 1. The molecule has 9 heteroatoms. The van der Waals surface area contributed by atoms with Crippen LogP contribution in [0.2, 0.25) is 5.02 Å². The highest BCUT2D eigenvalue weighted by molar-refractivity contribution is 7.90. The number of rotatable bonds is 2. The minimum atomic E-state index is -3.94. The average Bonchev–Trinajstić information content (AvgIpc) is 3.10. The standard InChI is InChI=1S/C36H45ClN2O5S/c1-23-5-2-9-32(40)29-13-10-27(29)20-39-21-36(16-4-8-25-18-28(37)12-14-30(25)36)22-44-33-15-11-26(19-31(33)39)35(41)38-45(42,43)34(23)17-24-6-3-7-24/h2,9,11-12,14-15,18-19,23-24,27,29,32,34,40H,3-8,10,13,16-17,20-22H2,1H3,(H,38,41)/b9-2-/t23-,27+,29-,32+,34-,36+/m1/s1. The molecule has 0 aromatic heterocycles. The van der Waals surface area contributed by atoms with Gasteiger partial charge < -0.3 is 14.7 Å². The van der Waals surface area contributed by atoms with Gasteiger partial charge in [-0.3, -0.25) is 4.79 Å². The van der Waals surface area contributed by atoms with Crippen molar-refractivity contribution < 1.29 is 23.1 Å². The van der Waals surface area contributed by atoms with Crippen LogP contribution in [0.15, 0.2) is 48.6 Å². The van der Waals surface area contributed by atoms with Crippen LogP contribution in [0.4, 0.5) is 5.69 Å². The number of carbonyl (C=O) groups is 1. The number of aliphatic hydroxyl groups excluding tert-OH is 1. The first-order valence-corrected chi connectivity index (χ1v) is 18.8. The van der Waals surface area contributed by atoms with E-state index in [0.717, 1.165) is 68.6 Å². The zero-order valence-electron chi connectivity index (χ0n) is 26.1. The minimum Gasteiger partial charge on any atom is -0.490 e. The number of anilines is 1. The van der Waals surface area contributed by atoms with Gasteiger partial charge in [0.2, 0.25) is 10.0 Å². The normalized spacial score (nSPS) is 33.8. The van der Waals surface area contributed by atoms with Crippen LogP contribution < -0.4 is 14.4 Å². The second-order valence-electron chi connectivity index (χ2n) is 14.5. The zero-order valence-corrected chi connectivity index (χ0v) is 27.7. The largest absolute Gasteiger partial charge is 0.490 e. The van der Waals surface area contributed by atoms with E-state index in [-0.39, 0.29) is 23.2 Å². The number of nitrogens with zero attached hydrogens (tertiary/aromatic N) is 1. The van der Waals surface area contributed by atoms with Crippen molar-refractivity contribution in [2.75, 3.05) is 24.6 Å². The number of allylic oxidation sites excluding steroid dienone is 1. The van der Waals surface area contributed by atoms with Gasteiger partial charge in [0.1, 0.15) is 5.75 Å². The number of fused-ring (bicyclic) bond motifs is 4. The Hall–Kier alpha value is -2.55. The van der Waals surface area contributed by atoms with Gasteiger partial charge in [-0.25, -0.2) is 13.1 Å². The van der Waals surface area contributed by atoms with E-state index in [1.807, 2.05) is 37.3 Å². The lowest BCUT2D eigenvalue weighted by molar-refractivity contribution is 0.0455. The molecule has 242 valence electrons. The minimum absolute atomic E-state index is 0.131. The number of benzene rings is 2. The van der Waals surface area contributed by atoms with Crippen LogP contribution in [-0.2, 0) is 21.9 Å². The number of aliphatic hydroxyl groups is 1. The van der Waals surface area contributed by atoms with E-state index in [2.05, 4.69) is 21.8 Å². The third-order valence-corrected chi connectivity index (χ3v) is 13.7. The number of carbonyl (C=O) groups excluding carboxylic acids is 1. The van der Waals surface area contributed by atoms with Crippen molar-refractivity contribution in [3.05, 3.63) is 70.3 Å². The average molecular weight is 653 g/mol. The maximum absolute atomic E-state index is 13.8. The molecule has 7 rings (SSSR count). The Morgan fingerprint density at radius 1 is 1.11 bits per heavy atom. The second-order valence-corrected chi connectivity index (χ2v) is 16.8. The molecule has 2 saturated carbocycles. The van der Waals surface area contributed by atoms with Gasteiger partial charge in [-0.05, 0) is 110 Å². The predicted octanol–water partition coefficient (Wildman–Crippen LogP) is 6.41. The highest BCUT2D eigenvalue weighted by Crippen LogP contribution is 2.47. The molecule has 45 heavy (non-hydrogen) atoms. The van der Waals surface area contributed by atoms with Crippen molar-refractivity contribution in [3.8, 4) is 5.75 Å². The molecule has 7 nitrogen and oxygen atoms in total. The van der Waals surface area contributed by atoms with Crippen LogP contribution in [0.1, 0.15) is 86.2 Å². The maximum atomic E-state index is 13.8. The van der Waals surface area contributed by atoms with Crippen molar-refractivity contribution in [3.63, 3.8) is 0 Å². The molecule has 6 atom stereocenters. The van der Waals surface area contributed by atoms with Crippen LogP contribution in [-0.4, -0.2) is 50.5 Å². The topological polar surface area (TPSA) is 95.9 Å². The van der Waals surface area contributed by atoms with Gasteiger partial charge in [0.05, 0.1) is 23.6 Å². The molecule has 2 aromatic carbocycles. The summed E-state index contributed by atoms with van der Waals surface area (Å²) in [7, 11) is -3.94. The summed E-state index contributed by atoms with van der Waals surface area (Å²) in [6.45, 7) is 3.88. The molecular weight excluding hydrogens is 608 g/mol. The Morgan fingerprint density at radius 2 is 1.96 bits per heavy atom. The fourth-order valence-corrected chi connectivity index (χ4v) is 10.5. The van der Waals surface area contributed by atoms with E-state index in [1.54, 1.807) is 6.07 Å². The third-order valence-electron chi connectivity index (χ3n) is 11.6. The van der Waals surface area contributed by atoms with Gasteiger partial charge in [-0.15, -0.1) is 0 Å². The van der Waals surface area contributed by atoms with Crippen molar-refractivity contribution in [1.82, 2.24) is 4.72 Å². The number of hydrogen-bond donors (Lipinski definition) is 2. The maximum Gasteiger partial charge on any atom is 0.264 e. The molecule has 2 heterocycles. The molecule has 1 amide bonds. The smallest absolute Gasteiger partial charge is 0.264 e. The number of halogens is 1. The summed E-state index contributed by atoms with van der Waals surface area (Å²) < 4.78 is 36.6. The summed E-state index contributed by atoms with van der Waals surface area (Å²) in [6.07, 6.45) is 12.5. The van der Waals surface area contributed by atoms with Gasteiger partial charge in [0, 0.05) is 29.1 Å². The lowest BCUT2D eigenvalue weighted by atomic mass is 9.68. The quantitative estimate of drug-likeness (QED) is 0.364. The fourth-order valence-electron chi connectivity index (χ4n) is 8.52. The fraction of sp³-hybridized carbons (Fsp3) is 0.583. The Morgan fingerprint density at radius 3 is 2.71 bits per heavy atom. The van der Waals surface area contributed by atoms with Crippen LogP contribution in [0.3, 0.4) is 0 Å². The highest BCUT2D eigenvalue weighted by atomic mass is 35.5. The first-order valence-electron chi connectivity index (χ1n) is 16.8. The van der Waals surface area contributed by atoms with Crippen molar-refractivity contribution in [1.29, 1.82) is 0 Å². The van der Waals surface area contributed by atoms with Crippen LogP contribution in [0, 0.1) is 23.7 Å². The van der Waals surface area contributed by atoms with Gasteiger partial charge in [-0.1, -0.05) is 56.0 Å². The van der Waals surface area contributed by atoms with Gasteiger partial charge in [0.25, 0.3) is 5.91 Å². The molecule has 0 radical (unpaired) electrons. The summed E-state index contributed by atoms with van der Waals surface area (Å²) in [5.74, 6) is 0.694. The van der Waals surface area contributed by atoms with E-state index < -0.39 is 27.3 Å². The van der Waals surface area contributed by atoms with Crippen molar-refractivity contribution in [2.45, 2.75) is 87.9 Å². The third kappa shape index (κ3) is 6.03. The molecule has 5 aliphatic rings. The first-order chi connectivity index (χ1) is 21.6. The Kier molecular flexibility index (Phi) is 8.45. The molecule has 2 N–H and O–H groups in total. The summed E-state index contributed by atoms with van der Waals surface area (Å²) in [4.78, 5) is 16.0. The predicted molar refractivity (Wildman–Crippen MR) is 177 cm³/mol. The Balaban J connectivity index is 1.27. The lowest BCUT2D eigenvalue weighted by Gasteiger charge is -2.45.